The van der Waals surface area contributed by atoms with Gasteiger partial charge in [-0.25, -0.2) is 0 Å². The number of phenolic OH excluding ortho intramolecular Hbond substituents is 1. The number of nitrogens with zero attached hydrogens (tertiary/aromatic N) is 1. The molecular formula is C15H11NO2. The lowest BCUT2D eigenvalue weighted by molar-refractivity contribution is 0.104. The van der Waals surface area contributed by atoms with Crippen molar-refractivity contribution >= 4 is 11.9 Å². The minimum Gasteiger partial charge on any atom is -0.508 e. The van der Waals surface area contributed by atoms with Crippen molar-refractivity contribution in [3.05, 3.63) is 65.0 Å². The molecule has 1 aliphatic rings. The molecule has 0 radical (unpaired) electrons. The molecule has 0 amide bonds. The monoisotopic (exact) mass is 237 g/mol. The highest BCUT2D eigenvalue weighted by molar-refractivity contribution is 6.15. The summed E-state index contributed by atoms with van der Waals surface area (Å²) in [6.45, 7) is 0. The molecule has 1 aliphatic carbocycles. The highest BCUT2D eigenvalue weighted by Gasteiger charge is 2.26. The fraction of sp³-hybridized carbons (Fsp3) is 0.0667. The van der Waals surface area contributed by atoms with E-state index in [1.165, 1.54) is 0 Å². The second-order valence-corrected chi connectivity index (χ2v) is 4.23. The molecule has 1 aromatic carbocycles. The van der Waals surface area contributed by atoms with Gasteiger partial charge in [0.05, 0.1) is 5.69 Å². The van der Waals surface area contributed by atoms with Crippen LogP contribution in [0.1, 0.15) is 21.6 Å². The van der Waals surface area contributed by atoms with Crippen molar-refractivity contribution in [3.63, 3.8) is 0 Å². The number of Topliss-reactive ketones (excluding diaryl/α,β-unsaturated/α-hetero) is 1. The molecule has 0 fully saturated rings. The predicted octanol–water partition coefficient (Wildman–Crippen LogP) is 2.61. The Balaban J connectivity index is 2.03. The van der Waals surface area contributed by atoms with Crippen LogP contribution in [0.2, 0.25) is 0 Å². The van der Waals surface area contributed by atoms with E-state index in [4.69, 9.17) is 0 Å². The highest BCUT2D eigenvalue weighted by Crippen LogP contribution is 2.33. The van der Waals surface area contributed by atoms with Gasteiger partial charge in [0.2, 0.25) is 0 Å². The molecular weight excluding hydrogens is 226 g/mol. The molecule has 1 N–H and O–H groups in total. The number of phenols is 1. The zero-order valence-corrected chi connectivity index (χ0v) is 9.63. The van der Waals surface area contributed by atoms with Crippen molar-refractivity contribution in [1.29, 1.82) is 0 Å². The molecule has 0 saturated carbocycles. The summed E-state index contributed by atoms with van der Waals surface area (Å²) in [5.74, 6) is 0.164. The van der Waals surface area contributed by atoms with Gasteiger partial charge in [-0.05, 0) is 24.3 Å². The van der Waals surface area contributed by atoms with Crippen molar-refractivity contribution in [2.45, 2.75) is 6.42 Å². The Morgan fingerprint density at radius 1 is 1.17 bits per heavy atom. The number of rotatable bonds is 1. The normalized spacial score (nSPS) is 16.0. The fourth-order valence-electron chi connectivity index (χ4n) is 2.17. The average molecular weight is 237 g/mol. The molecule has 88 valence electrons. The van der Waals surface area contributed by atoms with Crippen LogP contribution in [0.25, 0.3) is 6.08 Å². The van der Waals surface area contributed by atoms with Crippen molar-refractivity contribution in [3.8, 4) is 5.75 Å². The van der Waals surface area contributed by atoms with E-state index in [-0.39, 0.29) is 11.5 Å². The Morgan fingerprint density at radius 2 is 2.06 bits per heavy atom. The summed E-state index contributed by atoms with van der Waals surface area (Å²) in [6, 6.07) is 10.6. The first-order chi connectivity index (χ1) is 8.75. The summed E-state index contributed by atoms with van der Waals surface area (Å²) < 4.78 is 0. The van der Waals surface area contributed by atoms with Gasteiger partial charge in [0.25, 0.3) is 0 Å². The van der Waals surface area contributed by atoms with Crippen LogP contribution in [0, 0.1) is 0 Å². The second-order valence-electron chi connectivity index (χ2n) is 4.23. The summed E-state index contributed by atoms with van der Waals surface area (Å²) in [5, 5.41) is 9.74. The number of aromatic nitrogens is 1. The van der Waals surface area contributed by atoms with Crippen LogP contribution in [-0.4, -0.2) is 15.9 Å². The first-order valence-electron chi connectivity index (χ1n) is 5.73. The molecule has 0 unspecified atom stereocenters. The molecule has 0 aliphatic heterocycles. The molecule has 1 aromatic heterocycles. The third kappa shape index (κ3) is 1.70. The highest BCUT2D eigenvalue weighted by atomic mass is 16.3. The Labute approximate surface area is 104 Å². The number of ketones is 1. The van der Waals surface area contributed by atoms with E-state index in [1.54, 1.807) is 30.5 Å². The van der Waals surface area contributed by atoms with Gasteiger partial charge < -0.3 is 5.11 Å². The number of carbonyl (C=O) groups is 1. The van der Waals surface area contributed by atoms with Crippen LogP contribution in [0.4, 0.5) is 0 Å². The minimum atomic E-state index is -0.0217. The Morgan fingerprint density at radius 3 is 2.78 bits per heavy atom. The van der Waals surface area contributed by atoms with Gasteiger partial charge in [-0.3, -0.25) is 9.78 Å². The van der Waals surface area contributed by atoms with Gasteiger partial charge in [0, 0.05) is 29.3 Å². The van der Waals surface area contributed by atoms with E-state index in [1.807, 2.05) is 18.2 Å². The summed E-state index contributed by atoms with van der Waals surface area (Å²) >= 11 is 0. The van der Waals surface area contributed by atoms with E-state index in [0.29, 0.717) is 23.1 Å². The third-order valence-corrected chi connectivity index (χ3v) is 3.06. The van der Waals surface area contributed by atoms with Gasteiger partial charge in [0.15, 0.2) is 5.78 Å². The van der Waals surface area contributed by atoms with Crippen LogP contribution in [0.15, 0.2) is 48.2 Å². The summed E-state index contributed by atoms with van der Waals surface area (Å²) in [6.07, 6.45) is 3.94. The van der Waals surface area contributed by atoms with Gasteiger partial charge in [-0.2, -0.15) is 0 Å². The summed E-state index contributed by atoms with van der Waals surface area (Å²) in [5.41, 5.74) is 2.74. The summed E-state index contributed by atoms with van der Waals surface area (Å²) in [7, 11) is 0. The maximum absolute atomic E-state index is 12.1. The molecule has 0 spiro atoms. The SMILES string of the molecule is O=C1/C(=C/c2ccccn2)Cc2c(O)cccc21. The van der Waals surface area contributed by atoms with Crippen molar-refractivity contribution in [2.75, 3.05) is 0 Å². The van der Waals surface area contributed by atoms with E-state index >= 15 is 0 Å². The number of hydrogen-bond donors (Lipinski definition) is 1. The molecule has 1 heterocycles. The van der Waals surface area contributed by atoms with Crippen LogP contribution in [-0.2, 0) is 6.42 Å². The molecule has 18 heavy (non-hydrogen) atoms. The first-order valence-corrected chi connectivity index (χ1v) is 5.73. The molecule has 2 aromatic rings. The van der Waals surface area contributed by atoms with E-state index in [0.717, 1.165) is 5.69 Å². The Kier molecular flexibility index (Phi) is 2.45. The van der Waals surface area contributed by atoms with Crippen molar-refractivity contribution < 1.29 is 9.90 Å². The number of pyridine rings is 1. The maximum Gasteiger partial charge on any atom is 0.189 e. The van der Waals surface area contributed by atoms with Crippen molar-refractivity contribution in [1.82, 2.24) is 4.98 Å². The first kappa shape index (κ1) is 10.7. The standard InChI is InChI=1S/C15H11NO2/c17-14-6-3-5-12-13(14)9-10(15(12)18)8-11-4-1-2-7-16-11/h1-8,17H,9H2/b10-8+. The third-order valence-electron chi connectivity index (χ3n) is 3.06. The largest absolute Gasteiger partial charge is 0.508 e. The minimum absolute atomic E-state index is 0.0217. The number of aromatic hydroxyl groups is 1. The summed E-state index contributed by atoms with van der Waals surface area (Å²) in [4.78, 5) is 16.3. The van der Waals surface area contributed by atoms with E-state index in [9.17, 15) is 9.90 Å². The second kappa shape index (κ2) is 4.11. The maximum atomic E-state index is 12.1. The molecule has 3 heteroatoms. The number of allylic oxidation sites excluding steroid dienone is 1. The predicted molar refractivity (Wildman–Crippen MR) is 68.4 cm³/mol. The van der Waals surface area contributed by atoms with Crippen molar-refractivity contribution in [2.24, 2.45) is 0 Å². The number of fused-ring (bicyclic) bond motifs is 1. The van der Waals surface area contributed by atoms with Gasteiger partial charge >= 0.3 is 0 Å². The van der Waals surface area contributed by atoms with Crippen LogP contribution in [0.3, 0.4) is 0 Å². The van der Waals surface area contributed by atoms with Crippen LogP contribution >= 0.6 is 0 Å². The number of benzene rings is 1. The van der Waals surface area contributed by atoms with Crippen LogP contribution < -0.4 is 0 Å². The van der Waals surface area contributed by atoms with Crippen LogP contribution in [0.5, 0.6) is 5.75 Å². The Bertz CT molecular complexity index is 645. The average Bonchev–Trinajstić information content (AvgIpc) is 2.70. The number of hydrogen-bond acceptors (Lipinski definition) is 3. The molecule has 3 rings (SSSR count). The lowest BCUT2D eigenvalue weighted by Gasteiger charge is -1.97. The lowest BCUT2D eigenvalue weighted by atomic mass is 10.1. The lowest BCUT2D eigenvalue weighted by Crippen LogP contribution is -1.95. The van der Waals surface area contributed by atoms with Gasteiger partial charge in [0.1, 0.15) is 5.75 Å². The topological polar surface area (TPSA) is 50.2 Å². The molecule has 0 bridgehead atoms. The van der Waals surface area contributed by atoms with Gasteiger partial charge in [-0.1, -0.05) is 18.2 Å². The Hall–Kier alpha value is -2.42. The number of carbonyl (C=O) groups excluding carboxylic acids is 1. The van der Waals surface area contributed by atoms with E-state index in [2.05, 4.69) is 4.98 Å². The zero-order chi connectivity index (χ0) is 12.5. The van der Waals surface area contributed by atoms with Gasteiger partial charge in [-0.15, -0.1) is 0 Å². The molecule has 0 saturated heterocycles. The molecule has 0 atom stereocenters. The fourth-order valence-corrected chi connectivity index (χ4v) is 2.17. The van der Waals surface area contributed by atoms with E-state index < -0.39 is 0 Å². The zero-order valence-electron chi connectivity index (χ0n) is 9.63. The smallest absolute Gasteiger partial charge is 0.189 e. The molecule has 3 nitrogen and oxygen atoms in total. The quantitative estimate of drug-likeness (QED) is 0.775.